The Morgan fingerprint density at radius 1 is 0.944 bits per heavy atom. The third-order valence-corrected chi connectivity index (χ3v) is 6.36. The molecule has 0 radical (unpaired) electrons. The molecule has 0 bridgehead atoms. The summed E-state index contributed by atoms with van der Waals surface area (Å²) in [5, 5.41) is 3.22. The lowest BCUT2D eigenvalue weighted by Gasteiger charge is -2.27. The van der Waals surface area contributed by atoms with E-state index < -0.39 is 17.7 Å². The molecule has 2 aromatic carbocycles. The number of nitrogens with one attached hydrogen (secondary N) is 1. The molecular formula is C28H31N3O5. The summed E-state index contributed by atoms with van der Waals surface area (Å²) in [5.74, 6) is -1.91. The zero-order valence-electron chi connectivity index (χ0n) is 20.5. The van der Waals surface area contributed by atoms with Crippen molar-refractivity contribution in [2.75, 3.05) is 25.0 Å². The van der Waals surface area contributed by atoms with Crippen LogP contribution in [-0.4, -0.2) is 52.7 Å². The number of nitrogens with zero attached hydrogens (tertiary/aromatic N) is 2. The molecule has 4 rings (SSSR count). The zero-order valence-corrected chi connectivity index (χ0v) is 20.5. The number of hydrogen-bond acceptors (Lipinski definition) is 5. The summed E-state index contributed by atoms with van der Waals surface area (Å²) in [5.41, 5.74) is 1.73. The number of para-hydroxylation sites is 1. The van der Waals surface area contributed by atoms with Crippen molar-refractivity contribution in [3.8, 4) is 0 Å². The van der Waals surface area contributed by atoms with Crippen LogP contribution in [-0.2, 0) is 20.9 Å². The van der Waals surface area contributed by atoms with Gasteiger partial charge < -0.3 is 19.5 Å². The van der Waals surface area contributed by atoms with E-state index in [9.17, 15) is 19.2 Å². The summed E-state index contributed by atoms with van der Waals surface area (Å²) < 4.78 is 6.93. The number of likely N-dealkylation sites (tertiary alicyclic amines) is 1. The quantitative estimate of drug-likeness (QED) is 0.208. The number of carbonyl (C=O) groups is 4. The maximum atomic E-state index is 13.1. The summed E-state index contributed by atoms with van der Waals surface area (Å²) in [7, 11) is 0. The molecule has 1 aliphatic rings. The number of Topliss-reactive ketones (excluding diaryl/α,β-unsaturated/α-hetero) is 1. The van der Waals surface area contributed by atoms with Gasteiger partial charge in [0.25, 0.3) is 11.7 Å². The van der Waals surface area contributed by atoms with E-state index in [0.717, 1.165) is 50.7 Å². The fourth-order valence-corrected chi connectivity index (χ4v) is 4.34. The number of esters is 1. The first-order valence-corrected chi connectivity index (χ1v) is 12.5. The van der Waals surface area contributed by atoms with E-state index in [4.69, 9.17) is 4.74 Å². The van der Waals surface area contributed by atoms with Gasteiger partial charge in [-0.15, -0.1) is 0 Å². The van der Waals surface area contributed by atoms with Crippen molar-refractivity contribution in [2.45, 2.75) is 45.6 Å². The van der Waals surface area contributed by atoms with Gasteiger partial charge in [-0.1, -0.05) is 31.5 Å². The number of amides is 2. The molecule has 1 saturated heterocycles. The lowest BCUT2D eigenvalue weighted by atomic mass is 10.1. The Labute approximate surface area is 210 Å². The second-order valence-electron chi connectivity index (χ2n) is 8.98. The number of carbonyl (C=O) groups excluding carboxylic acids is 4. The second kappa shape index (κ2) is 11.7. The molecule has 8 nitrogen and oxygen atoms in total. The van der Waals surface area contributed by atoms with Crippen LogP contribution in [0.1, 0.15) is 59.7 Å². The molecule has 2 amide bonds. The van der Waals surface area contributed by atoms with E-state index in [0.29, 0.717) is 23.2 Å². The highest BCUT2D eigenvalue weighted by Crippen LogP contribution is 2.23. The van der Waals surface area contributed by atoms with Crippen LogP contribution in [0.4, 0.5) is 5.69 Å². The normalized spacial score (nSPS) is 13.4. The second-order valence-corrected chi connectivity index (χ2v) is 8.98. The van der Waals surface area contributed by atoms with Crippen LogP contribution in [0.25, 0.3) is 10.9 Å². The third-order valence-electron chi connectivity index (χ3n) is 6.36. The highest BCUT2D eigenvalue weighted by molar-refractivity contribution is 6.48. The number of ether oxygens (including phenoxy) is 1. The summed E-state index contributed by atoms with van der Waals surface area (Å²) in [6.45, 7) is 3.99. The van der Waals surface area contributed by atoms with Crippen LogP contribution in [0.15, 0.2) is 54.7 Å². The zero-order chi connectivity index (χ0) is 25.5. The smallest absolute Gasteiger partial charge is 0.338 e. The van der Waals surface area contributed by atoms with Crippen molar-refractivity contribution in [1.29, 1.82) is 0 Å². The van der Waals surface area contributed by atoms with Gasteiger partial charge in [0, 0.05) is 35.9 Å². The van der Waals surface area contributed by atoms with Gasteiger partial charge in [-0.25, -0.2) is 4.79 Å². The predicted octanol–water partition coefficient (Wildman–Crippen LogP) is 4.43. The summed E-state index contributed by atoms with van der Waals surface area (Å²) in [6, 6.07) is 13.5. The predicted molar refractivity (Wildman–Crippen MR) is 137 cm³/mol. The van der Waals surface area contributed by atoms with Crippen molar-refractivity contribution < 1.29 is 23.9 Å². The number of hydrogen-bond donors (Lipinski definition) is 1. The molecule has 0 aliphatic carbocycles. The van der Waals surface area contributed by atoms with Crippen LogP contribution in [0.5, 0.6) is 0 Å². The van der Waals surface area contributed by atoms with Crippen molar-refractivity contribution in [2.24, 2.45) is 0 Å². The average molecular weight is 490 g/mol. The molecule has 1 aromatic heterocycles. The van der Waals surface area contributed by atoms with Crippen molar-refractivity contribution in [3.63, 3.8) is 0 Å². The van der Waals surface area contributed by atoms with E-state index in [1.165, 1.54) is 0 Å². The largest absolute Gasteiger partial charge is 0.462 e. The molecule has 188 valence electrons. The van der Waals surface area contributed by atoms with Gasteiger partial charge in [0.05, 0.1) is 17.7 Å². The molecule has 8 heteroatoms. The van der Waals surface area contributed by atoms with Crippen LogP contribution >= 0.6 is 0 Å². The lowest BCUT2D eigenvalue weighted by Crippen LogP contribution is -2.37. The number of fused-ring (bicyclic) bond motifs is 1. The Kier molecular flexibility index (Phi) is 8.15. The third kappa shape index (κ3) is 5.82. The summed E-state index contributed by atoms with van der Waals surface area (Å²) in [4.78, 5) is 52.6. The molecule has 1 aliphatic heterocycles. The number of benzene rings is 2. The van der Waals surface area contributed by atoms with Gasteiger partial charge in [-0.3, -0.25) is 14.4 Å². The first-order valence-electron chi connectivity index (χ1n) is 12.5. The van der Waals surface area contributed by atoms with Crippen LogP contribution in [0, 0.1) is 0 Å². The van der Waals surface area contributed by atoms with Gasteiger partial charge in [0.15, 0.2) is 0 Å². The molecule has 2 heterocycles. The molecule has 0 spiro atoms. The minimum Gasteiger partial charge on any atom is -0.462 e. The van der Waals surface area contributed by atoms with E-state index >= 15 is 0 Å². The van der Waals surface area contributed by atoms with Gasteiger partial charge in [-0.2, -0.15) is 0 Å². The molecule has 0 atom stereocenters. The maximum Gasteiger partial charge on any atom is 0.338 e. The Balaban J connectivity index is 1.46. The molecule has 0 unspecified atom stereocenters. The Morgan fingerprint density at radius 2 is 1.67 bits per heavy atom. The first-order chi connectivity index (χ1) is 17.5. The number of aromatic nitrogens is 1. The monoisotopic (exact) mass is 489 g/mol. The van der Waals surface area contributed by atoms with Crippen molar-refractivity contribution in [3.05, 3.63) is 65.9 Å². The highest BCUT2D eigenvalue weighted by Gasteiger charge is 2.24. The number of piperidine rings is 1. The number of unbranched alkanes of at least 4 members (excludes halogenated alkanes) is 1. The Bertz CT molecular complexity index is 1260. The number of rotatable bonds is 9. The minimum absolute atomic E-state index is 0.00668. The van der Waals surface area contributed by atoms with E-state index in [2.05, 4.69) is 5.32 Å². The fraction of sp³-hybridized carbons (Fsp3) is 0.357. The lowest BCUT2D eigenvalue weighted by molar-refractivity contribution is -0.132. The van der Waals surface area contributed by atoms with E-state index in [1.807, 2.05) is 24.0 Å². The van der Waals surface area contributed by atoms with Gasteiger partial charge in [-0.05, 0) is 56.0 Å². The SMILES string of the molecule is CCCCOC(=O)c1ccc(NC(=O)C(=O)c2cn(CC(=O)N3CCCCC3)c3ccccc23)cc1. The minimum atomic E-state index is -0.793. The fourth-order valence-electron chi connectivity index (χ4n) is 4.34. The Morgan fingerprint density at radius 3 is 2.39 bits per heavy atom. The molecule has 3 aromatic rings. The van der Waals surface area contributed by atoms with Gasteiger partial charge in [0.1, 0.15) is 6.54 Å². The number of ketones is 1. The van der Waals surface area contributed by atoms with Crippen LogP contribution < -0.4 is 5.32 Å². The van der Waals surface area contributed by atoms with Gasteiger partial charge >= 0.3 is 5.97 Å². The first kappa shape index (κ1) is 25.2. The van der Waals surface area contributed by atoms with Crippen LogP contribution in [0.3, 0.4) is 0 Å². The highest BCUT2D eigenvalue weighted by atomic mass is 16.5. The van der Waals surface area contributed by atoms with E-state index in [-0.39, 0.29) is 18.0 Å². The molecule has 0 saturated carbocycles. The maximum absolute atomic E-state index is 13.1. The van der Waals surface area contributed by atoms with Crippen molar-refractivity contribution in [1.82, 2.24) is 9.47 Å². The standard InChI is InChI=1S/C28H31N3O5/c1-2-3-17-36-28(35)20-11-13-21(14-12-20)29-27(34)26(33)23-18-31(24-10-6-5-9-22(23)24)19-25(32)30-15-7-4-8-16-30/h5-6,9-14,18H,2-4,7-8,15-17,19H2,1H3,(H,29,34). The molecular weight excluding hydrogens is 458 g/mol. The summed E-state index contributed by atoms with van der Waals surface area (Å²) >= 11 is 0. The van der Waals surface area contributed by atoms with Gasteiger partial charge in [0.2, 0.25) is 5.91 Å². The van der Waals surface area contributed by atoms with E-state index in [1.54, 1.807) is 47.2 Å². The average Bonchev–Trinajstić information content (AvgIpc) is 3.27. The number of anilines is 1. The van der Waals surface area contributed by atoms with Crippen molar-refractivity contribution >= 4 is 40.2 Å². The van der Waals surface area contributed by atoms with Crippen LogP contribution in [0.2, 0.25) is 0 Å². The molecule has 1 N–H and O–H groups in total. The summed E-state index contributed by atoms with van der Waals surface area (Å²) in [6.07, 6.45) is 6.45. The Hall–Kier alpha value is -3.94. The topological polar surface area (TPSA) is 97.7 Å². The molecule has 36 heavy (non-hydrogen) atoms. The molecule has 1 fully saturated rings.